The van der Waals surface area contributed by atoms with E-state index in [0.29, 0.717) is 0 Å². The van der Waals surface area contributed by atoms with Gasteiger partial charge in [-0.25, -0.2) is 8.78 Å². The monoisotopic (exact) mass is 209 g/mol. The van der Waals surface area contributed by atoms with Gasteiger partial charge < -0.3 is 4.74 Å². The molecule has 1 aromatic carbocycles. The van der Waals surface area contributed by atoms with Crippen molar-refractivity contribution in [3.8, 4) is 11.6 Å². The first-order valence-electron chi connectivity index (χ1n) is 4.20. The highest BCUT2D eigenvalue weighted by Crippen LogP contribution is 2.20. The predicted molar refractivity (Wildman–Crippen MR) is 48.5 cm³/mol. The van der Waals surface area contributed by atoms with Gasteiger partial charge in [-0.2, -0.15) is 0 Å². The molecule has 0 unspecified atom stereocenters. The quantitative estimate of drug-likeness (QED) is 0.758. The molecular formula is C10H7F2N2O. The third kappa shape index (κ3) is 2.12. The second kappa shape index (κ2) is 3.68. The summed E-state index contributed by atoms with van der Waals surface area (Å²) in [6.07, 6.45) is 2.73. The highest BCUT2D eigenvalue weighted by molar-refractivity contribution is 5.27. The van der Waals surface area contributed by atoms with Crippen molar-refractivity contribution in [2.24, 2.45) is 7.05 Å². The van der Waals surface area contributed by atoms with Crippen LogP contribution < -0.4 is 4.74 Å². The van der Waals surface area contributed by atoms with Gasteiger partial charge >= 0.3 is 0 Å². The zero-order chi connectivity index (χ0) is 10.8. The number of benzene rings is 1. The summed E-state index contributed by atoms with van der Waals surface area (Å²) in [5.41, 5.74) is 0. The molecule has 15 heavy (non-hydrogen) atoms. The van der Waals surface area contributed by atoms with Gasteiger partial charge in [-0.05, 0) is 12.1 Å². The van der Waals surface area contributed by atoms with Crippen LogP contribution in [-0.2, 0) is 7.05 Å². The summed E-state index contributed by atoms with van der Waals surface area (Å²) in [6, 6.07) is 4.79. The number of halogens is 2. The number of rotatable bonds is 2. The molecule has 0 amide bonds. The SMILES string of the molecule is Cn1[c]cc(Oc2ccc(F)c(F)c2)n1. The predicted octanol–water partition coefficient (Wildman–Crippen LogP) is 2.29. The maximum absolute atomic E-state index is 12.8. The highest BCUT2D eigenvalue weighted by atomic mass is 19.2. The second-order valence-electron chi connectivity index (χ2n) is 2.91. The van der Waals surface area contributed by atoms with Crippen molar-refractivity contribution in [3.63, 3.8) is 0 Å². The van der Waals surface area contributed by atoms with E-state index in [-0.39, 0.29) is 11.6 Å². The van der Waals surface area contributed by atoms with Gasteiger partial charge in [0.05, 0.1) is 6.20 Å². The molecule has 1 heterocycles. The van der Waals surface area contributed by atoms with Crippen molar-refractivity contribution in [2.45, 2.75) is 0 Å². The Morgan fingerprint density at radius 2 is 2.13 bits per heavy atom. The van der Waals surface area contributed by atoms with Crippen molar-refractivity contribution < 1.29 is 13.5 Å². The Balaban J connectivity index is 2.21. The van der Waals surface area contributed by atoms with Gasteiger partial charge in [0.25, 0.3) is 0 Å². The summed E-state index contributed by atoms with van der Waals surface area (Å²) in [5, 5.41) is 3.88. The Kier molecular flexibility index (Phi) is 2.37. The molecule has 0 N–H and O–H groups in total. The maximum atomic E-state index is 12.8. The summed E-state index contributed by atoms with van der Waals surface area (Å²) >= 11 is 0. The molecule has 5 heteroatoms. The van der Waals surface area contributed by atoms with Gasteiger partial charge in [0.2, 0.25) is 5.88 Å². The molecule has 0 aliphatic rings. The van der Waals surface area contributed by atoms with Gasteiger partial charge in [-0.1, -0.05) is 0 Å². The van der Waals surface area contributed by atoms with E-state index < -0.39 is 11.6 Å². The first kappa shape index (κ1) is 9.64. The Morgan fingerprint density at radius 1 is 1.33 bits per heavy atom. The van der Waals surface area contributed by atoms with Crippen LogP contribution in [0.4, 0.5) is 8.78 Å². The molecule has 3 nitrogen and oxygen atoms in total. The average Bonchev–Trinajstić information content (AvgIpc) is 2.58. The number of nitrogens with zero attached hydrogens (tertiary/aromatic N) is 2. The second-order valence-corrected chi connectivity index (χ2v) is 2.91. The highest BCUT2D eigenvalue weighted by Gasteiger charge is 2.05. The summed E-state index contributed by atoms with van der Waals surface area (Å²) in [7, 11) is 1.68. The van der Waals surface area contributed by atoms with Gasteiger partial charge in [0.1, 0.15) is 5.75 Å². The first-order chi connectivity index (χ1) is 7.15. The van der Waals surface area contributed by atoms with Crippen LogP contribution in [0, 0.1) is 17.8 Å². The van der Waals surface area contributed by atoms with E-state index in [9.17, 15) is 8.78 Å². The van der Waals surface area contributed by atoms with Crippen molar-refractivity contribution >= 4 is 0 Å². The van der Waals surface area contributed by atoms with Crippen molar-refractivity contribution in [3.05, 3.63) is 42.1 Å². The number of aryl methyl sites for hydroxylation is 1. The van der Waals surface area contributed by atoms with Crippen LogP contribution in [0.2, 0.25) is 0 Å². The van der Waals surface area contributed by atoms with Gasteiger partial charge in [-0.15, -0.1) is 5.10 Å². The minimum atomic E-state index is -0.951. The van der Waals surface area contributed by atoms with Gasteiger partial charge in [-0.3, -0.25) is 4.68 Å². The van der Waals surface area contributed by atoms with Crippen LogP contribution in [0.3, 0.4) is 0 Å². The maximum Gasteiger partial charge on any atom is 0.238 e. The van der Waals surface area contributed by atoms with Crippen LogP contribution in [0.1, 0.15) is 0 Å². The van der Waals surface area contributed by atoms with E-state index in [4.69, 9.17) is 4.74 Å². The molecule has 2 aromatic rings. The average molecular weight is 209 g/mol. The third-order valence-corrected chi connectivity index (χ3v) is 1.74. The normalized spacial score (nSPS) is 10.3. The summed E-state index contributed by atoms with van der Waals surface area (Å²) in [4.78, 5) is 0. The lowest BCUT2D eigenvalue weighted by Crippen LogP contribution is -1.91. The van der Waals surface area contributed by atoms with Crippen LogP contribution in [-0.4, -0.2) is 9.78 Å². The zero-order valence-corrected chi connectivity index (χ0v) is 7.87. The fraction of sp³-hybridized carbons (Fsp3) is 0.100. The molecule has 0 bridgehead atoms. The lowest BCUT2D eigenvalue weighted by molar-refractivity contribution is 0.441. The zero-order valence-electron chi connectivity index (χ0n) is 7.87. The lowest BCUT2D eigenvalue weighted by atomic mass is 10.3. The van der Waals surface area contributed by atoms with E-state index >= 15 is 0 Å². The van der Waals surface area contributed by atoms with E-state index in [1.165, 1.54) is 16.8 Å². The fourth-order valence-corrected chi connectivity index (χ4v) is 1.07. The van der Waals surface area contributed by atoms with E-state index in [1.54, 1.807) is 7.05 Å². The molecule has 0 aliphatic heterocycles. The number of hydrogen-bond acceptors (Lipinski definition) is 2. The molecule has 0 aliphatic carbocycles. The lowest BCUT2D eigenvalue weighted by Gasteiger charge is -2.01. The van der Waals surface area contributed by atoms with E-state index in [2.05, 4.69) is 11.3 Å². The Hall–Kier alpha value is -1.91. The smallest absolute Gasteiger partial charge is 0.238 e. The van der Waals surface area contributed by atoms with Crippen LogP contribution >= 0.6 is 0 Å². The van der Waals surface area contributed by atoms with Crippen LogP contribution in [0.25, 0.3) is 0 Å². The van der Waals surface area contributed by atoms with Crippen molar-refractivity contribution in [1.29, 1.82) is 0 Å². The molecular weight excluding hydrogens is 202 g/mol. The Labute approximate surface area is 84.9 Å². The molecule has 0 fully saturated rings. The molecule has 2 rings (SSSR count). The molecule has 0 saturated heterocycles. The first-order valence-corrected chi connectivity index (χ1v) is 4.20. The van der Waals surface area contributed by atoms with Crippen LogP contribution in [0.5, 0.6) is 11.6 Å². The van der Waals surface area contributed by atoms with Gasteiger partial charge in [0.15, 0.2) is 11.6 Å². The molecule has 77 valence electrons. The van der Waals surface area contributed by atoms with Crippen LogP contribution in [0.15, 0.2) is 24.3 Å². The topological polar surface area (TPSA) is 27.1 Å². The number of ether oxygens (including phenoxy) is 1. The summed E-state index contributed by atoms with van der Waals surface area (Å²) in [5.74, 6) is -1.38. The minimum Gasteiger partial charge on any atom is -0.437 e. The van der Waals surface area contributed by atoms with E-state index in [1.807, 2.05) is 0 Å². The number of aromatic nitrogens is 2. The fourth-order valence-electron chi connectivity index (χ4n) is 1.07. The molecule has 0 spiro atoms. The van der Waals surface area contributed by atoms with Crippen molar-refractivity contribution in [1.82, 2.24) is 9.78 Å². The standard InChI is InChI=1S/C10H7F2N2O/c1-14-5-4-10(13-14)15-7-2-3-8(11)9(12)6-7/h2-4,6H,1H3. The van der Waals surface area contributed by atoms with E-state index in [0.717, 1.165) is 12.1 Å². The Morgan fingerprint density at radius 3 is 2.73 bits per heavy atom. The summed E-state index contributed by atoms with van der Waals surface area (Å²) in [6.45, 7) is 0. The minimum absolute atomic E-state index is 0.195. The summed E-state index contributed by atoms with van der Waals surface area (Å²) < 4.78 is 32.0. The third-order valence-electron chi connectivity index (χ3n) is 1.74. The van der Waals surface area contributed by atoms with Crippen molar-refractivity contribution in [2.75, 3.05) is 0 Å². The number of hydrogen-bond donors (Lipinski definition) is 0. The molecule has 0 atom stereocenters. The Bertz CT molecular complexity index is 482. The largest absolute Gasteiger partial charge is 0.437 e. The molecule has 1 aromatic heterocycles. The van der Waals surface area contributed by atoms with Gasteiger partial charge in [0, 0.05) is 19.2 Å². The molecule has 1 radical (unpaired) electrons. The molecule has 0 saturated carbocycles.